The first kappa shape index (κ1) is 11.2. The molecule has 2 unspecified atom stereocenters. The normalized spacial score (nSPS) is 37.3. The number of hydrogen-bond acceptors (Lipinski definition) is 3. The highest BCUT2D eigenvalue weighted by Crippen LogP contribution is 2.40. The monoisotopic (exact) mass is 232 g/mol. The van der Waals surface area contributed by atoms with Crippen LogP contribution in [0.25, 0.3) is 0 Å². The molecule has 0 spiro atoms. The summed E-state index contributed by atoms with van der Waals surface area (Å²) in [7, 11) is 2.20. The Kier molecular flexibility index (Phi) is 2.68. The van der Waals surface area contributed by atoms with Crippen LogP contribution in [0.3, 0.4) is 0 Å². The lowest BCUT2D eigenvalue weighted by Gasteiger charge is -2.42. The molecule has 0 amide bonds. The van der Waals surface area contributed by atoms with Crippen LogP contribution in [0.2, 0.25) is 0 Å². The van der Waals surface area contributed by atoms with Gasteiger partial charge in [0.05, 0.1) is 5.60 Å². The summed E-state index contributed by atoms with van der Waals surface area (Å²) in [5.74, 6) is 0. The van der Waals surface area contributed by atoms with E-state index in [0.717, 1.165) is 18.5 Å². The molecular formula is C14H20N2O. The molecule has 92 valence electrons. The molecule has 0 saturated carbocycles. The van der Waals surface area contributed by atoms with Gasteiger partial charge in [-0.2, -0.15) is 0 Å². The van der Waals surface area contributed by atoms with Crippen LogP contribution in [-0.2, 0) is 6.42 Å². The summed E-state index contributed by atoms with van der Waals surface area (Å²) < 4.78 is 0. The second-order valence-corrected chi connectivity index (χ2v) is 5.68. The SMILES string of the molecule is CN1C2CCC1CC(O)(Cc1ccccn1)C2. The Morgan fingerprint density at radius 2 is 2.06 bits per heavy atom. The molecule has 3 rings (SSSR count). The van der Waals surface area contributed by atoms with E-state index in [9.17, 15) is 5.11 Å². The maximum absolute atomic E-state index is 10.8. The second-order valence-electron chi connectivity index (χ2n) is 5.68. The van der Waals surface area contributed by atoms with E-state index >= 15 is 0 Å². The van der Waals surface area contributed by atoms with E-state index in [1.165, 1.54) is 12.8 Å². The van der Waals surface area contributed by atoms with Crippen LogP contribution in [0.5, 0.6) is 0 Å². The van der Waals surface area contributed by atoms with Crippen molar-refractivity contribution in [1.29, 1.82) is 0 Å². The van der Waals surface area contributed by atoms with Crippen molar-refractivity contribution in [1.82, 2.24) is 9.88 Å². The second kappa shape index (κ2) is 4.07. The highest BCUT2D eigenvalue weighted by atomic mass is 16.3. The average molecular weight is 232 g/mol. The van der Waals surface area contributed by atoms with Gasteiger partial charge in [0.1, 0.15) is 0 Å². The first-order chi connectivity index (χ1) is 8.16. The van der Waals surface area contributed by atoms with E-state index in [-0.39, 0.29) is 0 Å². The summed E-state index contributed by atoms with van der Waals surface area (Å²) in [6.07, 6.45) is 6.79. The van der Waals surface area contributed by atoms with Crippen LogP contribution >= 0.6 is 0 Å². The molecule has 0 aromatic carbocycles. The Bertz CT molecular complexity index is 378. The van der Waals surface area contributed by atoms with Crippen LogP contribution < -0.4 is 0 Å². The van der Waals surface area contributed by atoms with Crippen molar-refractivity contribution in [2.45, 2.75) is 49.8 Å². The van der Waals surface area contributed by atoms with Gasteiger partial charge in [0.2, 0.25) is 0 Å². The van der Waals surface area contributed by atoms with Gasteiger partial charge in [-0.25, -0.2) is 0 Å². The fourth-order valence-corrected chi connectivity index (χ4v) is 3.53. The fraction of sp³-hybridized carbons (Fsp3) is 0.643. The number of aromatic nitrogens is 1. The van der Waals surface area contributed by atoms with Gasteiger partial charge in [-0.3, -0.25) is 4.98 Å². The highest BCUT2D eigenvalue weighted by Gasteiger charge is 2.45. The Hall–Kier alpha value is -0.930. The maximum atomic E-state index is 10.8. The first-order valence-electron chi connectivity index (χ1n) is 6.50. The van der Waals surface area contributed by atoms with Gasteiger partial charge in [0, 0.05) is 30.4 Å². The van der Waals surface area contributed by atoms with Gasteiger partial charge in [-0.15, -0.1) is 0 Å². The van der Waals surface area contributed by atoms with Crippen LogP contribution in [-0.4, -0.2) is 39.7 Å². The Morgan fingerprint density at radius 3 is 2.65 bits per heavy atom. The Morgan fingerprint density at radius 1 is 1.35 bits per heavy atom. The predicted octanol–water partition coefficient (Wildman–Crippen LogP) is 1.61. The molecule has 0 aliphatic carbocycles. The highest BCUT2D eigenvalue weighted by molar-refractivity contribution is 5.10. The minimum absolute atomic E-state index is 0.535. The molecule has 3 heterocycles. The van der Waals surface area contributed by atoms with Crippen molar-refractivity contribution >= 4 is 0 Å². The van der Waals surface area contributed by atoms with Gasteiger partial charge in [-0.1, -0.05) is 6.07 Å². The predicted molar refractivity (Wildman–Crippen MR) is 66.7 cm³/mol. The van der Waals surface area contributed by atoms with Crippen molar-refractivity contribution in [2.75, 3.05) is 7.05 Å². The number of fused-ring (bicyclic) bond motifs is 2. The molecule has 3 heteroatoms. The molecule has 1 N–H and O–H groups in total. The summed E-state index contributed by atoms with van der Waals surface area (Å²) in [5, 5.41) is 10.8. The zero-order chi connectivity index (χ0) is 11.9. The van der Waals surface area contributed by atoms with Crippen molar-refractivity contribution in [3.8, 4) is 0 Å². The quantitative estimate of drug-likeness (QED) is 0.841. The molecule has 3 nitrogen and oxygen atoms in total. The summed E-state index contributed by atoms with van der Waals surface area (Å²) in [6, 6.07) is 7.07. The third-order valence-electron chi connectivity index (χ3n) is 4.45. The van der Waals surface area contributed by atoms with Crippen LogP contribution in [0, 0.1) is 0 Å². The maximum Gasteiger partial charge on any atom is 0.0732 e. The van der Waals surface area contributed by atoms with E-state index in [1.54, 1.807) is 0 Å². The zero-order valence-electron chi connectivity index (χ0n) is 10.3. The first-order valence-corrected chi connectivity index (χ1v) is 6.50. The van der Waals surface area contributed by atoms with Gasteiger partial charge in [-0.05, 0) is 44.9 Å². The van der Waals surface area contributed by atoms with Gasteiger partial charge < -0.3 is 10.0 Å². The number of aliphatic hydroxyl groups is 1. The van der Waals surface area contributed by atoms with E-state index in [4.69, 9.17) is 0 Å². The largest absolute Gasteiger partial charge is 0.389 e. The smallest absolute Gasteiger partial charge is 0.0732 e. The summed E-state index contributed by atoms with van der Waals surface area (Å²) in [6.45, 7) is 0. The number of rotatable bonds is 2. The fourth-order valence-electron chi connectivity index (χ4n) is 3.53. The molecular weight excluding hydrogens is 212 g/mol. The summed E-state index contributed by atoms with van der Waals surface area (Å²) in [4.78, 5) is 6.79. The van der Waals surface area contributed by atoms with E-state index < -0.39 is 5.60 Å². The molecule has 17 heavy (non-hydrogen) atoms. The molecule has 0 radical (unpaired) electrons. The molecule has 2 fully saturated rings. The number of nitrogens with zero attached hydrogens (tertiary/aromatic N) is 2. The van der Waals surface area contributed by atoms with Gasteiger partial charge in [0.15, 0.2) is 0 Å². The van der Waals surface area contributed by atoms with Crippen LogP contribution in [0.15, 0.2) is 24.4 Å². The van der Waals surface area contributed by atoms with Crippen LogP contribution in [0.4, 0.5) is 0 Å². The molecule has 2 saturated heterocycles. The molecule has 2 bridgehead atoms. The molecule has 1 aromatic heterocycles. The minimum atomic E-state index is -0.535. The topological polar surface area (TPSA) is 36.4 Å². The van der Waals surface area contributed by atoms with Crippen molar-refractivity contribution < 1.29 is 5.11 Å². The van der Waals surface area contributed by atoms with E-state index in [1.807, 2.05) is 24.4 Å². The Balaban J connectivity index is 1.75. The third kappa shape index (κ3) is 2.09. The van der Waals surface area contributed by atoms with E-state index in [0.29, 0.717) is 18.5 Å². The van der Waals surface area contributed by atoms with Gasteiger partial charge in [0.25, 0.3) is 0 Å². The minimum Gasteiger partial charge on any atom is -0.389 e. The lowest BCUT2D eigenvalue weighted by atomic mass is 9.83. The molecule has 2 aliphatic rings. The third-order valence-corrected chi connectivity index (χ3v) is 4.45. The molecule has 1 aromatic rings. The van der Waals surface area contributed by atoms with Crippen LogP contribution in [0.1, 0.15) is 31.4 Å². The number of piperidine rings is 1. The lowest BCUT2D eigenvalue weighted by molar-refractivity contribution is -0.0443. The summed E-state index contributed by atoms with van der Waals surface area (Å²) >= 11 is 0. The van der Waals surface area contributed by atoms with Crippen molar-refractivity contribution in [3.05, 3.63) is 30.1 Å². The lowest BCUT2D eigenvalue weighted by Crippen LogP contribution is -2.50. The zero-order valence-corrected chi connectivity index (χ0v) is 10.3. The van der Waals surface area contributed by atoms with E-state index in [2.05, 4.69) is 16.9 Å². The average Bonchev–Trinajstić information content (AvgIpc) is 2.54. The summed E-state index contributed by atoms with van der Waals surface area (Å²) in [5.41, 5.74) is 0.478. The number of hydrogen-bond donors (Lipinski definition) is 1. The molecule has 2 aliphatic heterocycles. The number of pyridine rings is 1. The Labute approximate surface area is 102 Å². The van der Waals surface area contributed by atoms with Crippen molar-refractivity contribution in [2.24, 2.45) is 0 Å². The molecule has 2 atom stereocenters. The standard InChI is InChI=1S/C14H20N2O/c1-16-12-5-6-13(16)10-14(17,9-12)8-11-4-2-3-7-15-11/h2-4,7,12-13,17H,5-6,8-10H2,1H3. The van der Waals surface area contributed by atoms with Gasteiger partial charge >= 0.3 is 0 Å². The van der Waals surface area contributed by atoms with Crippen molar-refractivity contribution in [3.63, 3.8) is 0 Å².